The molecule has 0 aliphatic rings. The summed E-state index contributed by atoms with van der Waals surface area (Å²) in [5.41, 5.74) is 0.393. The van der Waals surface area contributed by atoms with E-state index < -0.39 is 12.5 Å². The average molecular weight is 197 g/mol. The van der Waals surface area contributed by atoms with Crippen molar-refractivity contribution in [1.82, 2.24) is 4.98 Å². The first-order valence-electron chi connectivity index (χ1n) is 4.04. The van der Waals surface area contributed by atoms with Crippen LogP contribution in [-0.4, -0.2) is 17.5 Å². The molecule has 1 atom stereocenters. The second-order valence-corrected chi connectivity index (χ2v) is 2.81. The van der Waals surface area contributed by atoms with Gasteiger partial charge in [0.1, 0.15) is 5.82 Å². The molecule has 74 valence electrons. The molecular formula is C9H9F2N3. The van der Waals surface area contributed by atoms with Gasteiger partial charge in [0.05, 0.1) is 17.7 Å². The molecule has 0 amide bonds. The fourth-order valence-electron chi connectivity index (χ4n) is 0.875. The van der Waals surface area contributed by atoms with E-state index in [2.05, 4.69) is 10.3 Å². The first kappa shape index (κ1) is 10.4. The molecule has 0 aliphatic heterocycles. The average Bonchev–Trinajstić information content (AvgIpc) is 2.18. The third kappa shape index (κ3) is 2.66. The Hall–Kier alpha value is -1.70. The highest BCUT2D eigenvalue weighted by Gasteiger charge is 2.14. The number of nitrogens with one attached hydrogen (secondary N) is 1. The van der Waals surface area contributed by atoms with Crippen molar-refractivity contribution in [2.75, 3.05) is 5.32 Å². The Labute approximate surface area is 80.4 Å². The maximum absolute atomic E-state index is 12.1. The van der Waals surface area contributed by atoms with Crippen LogP contribution in [0, 0.1) is 11.3 Å². The molecule has 0 saturated heterocycles. The van der Waals surface area contributed by atoms with Crippen molar-refractivity contribution in [1.29, 1.82) is 5.26 Å². The Morgan fingerprint density at radius 2 is 2.29 bits per heavy atom. The van der Waals surface area contributed by atoms with Gasteiger partial charge in [-0.2, -0.15) is 5.26 Å². The maximum atomic E-state index is 12.1. The minimum Gasteiger partial charge on any atom is -0.362 e. The second-order valence-electron chi connectivity index (χ2n) is 2.81. The van der Waals surface area contributed by atoms with Gasteiger partial charge in [0.15, 0.2) is 0 Å². The molecule has 14 heavy (non-hydrogen) atoms. The summed E-state index contributed by atoms with van der Waals surface area (Å²) in [4.78, 5) is 3.81. The minimum atomic E-state index is -2.46. The quantitative estimate of drug-likeness (QED) is 0.806. The van der Waals surface area contributed by atoms with Crippen LogP contribution in [0.3, 0.4) is 0 Å². The first-order chi connectivity index (χ1) is 6.63. The van der Waals surface area contributed by atoms with Gasteiger partial charge in [0.2, 0.25) is 0 Å². The lowest BCUT2D eigenvalue weighted by molar-refractivity contribution is 0.130. The molecule has 0 bridgehead atoms. The van der Waals surface area contributed by atoms with E-state index in [0.717, 1.165) is 0 Å². The van der Waals surface area contributed by atoms with Gasteiger partial charge in [-0.3, -0.25) is 0 Å². The van der Waals surface area contributed by atoms with E-state index in [9.17, 15) is 8.78 Å². The van der Waals surface area contributed by atoms with Crippen LogP contribution in [0.4, 0.5) is 14.6 Å². The Kier molecular flexibility index (Phi) is 3.35. The molecule has 0 radical (unpaired) electrons. The lowest BCUT2D eigenvalue weighted by Crippen LogP contribution is -2.24. The summed E-state index contributed by atoms with van der Waals surface area (Å²) in [5, 5.41) is 11.1. The topological polar surface area (TPSA) is 48.7 Å². The van der Waals surface area contributed by atoms with Crippen molar-refractivity contribution in [3.63, 3.8) is 0 Å². The number of pyridine rings is 1. The first-order valence-corrected chi connectivity index (χ1v) is 4.04. The highest BCUT2D eigenvalue weighted by atomic mass is 19.3. The minimum absolute atomic E-state index is 0.289. The van der Waals surface area contributed by atoms with Gasteiger partial charge in [0.25, 0.3) is 6.43 Å². The number of anilines is 1. The number of hydrogen-bond donors (Lipinski definition) is 1. The summed E-state index contributed by atoms with van der Waals surface area (Å²) in [6.45, 7) is 1.35. The van der Waals surface area contributed by atoms with E-state index >= 15 is 0 Å². The van der Waals surface area contributed by atoms with E-state index in [1.807, 2.05) is 6.07 Å². The summed E-state index contributed by atoms with van der Waals surface area (Å²) in [6, 6.07) is 3.87. The molecule has 5 heteroatoms. The van der Waals surface area contributed by atoms with Crippen LogP contribution in [-0.2, 0) is 0 Å². The summed E-state index contributed by atoms with van der Waals surface area (Å²) in [7, 11) is 0. The predicted molar refractivity (Wildman–Crippen MR) is 48.0 cm³/mol. The maximum Gasteiger partial charge on any atom is 0.258 e. The molecule has 1 unspecified atom stereocenters. The third-order valence-electron chi connectivity index (χ3n) is 1.64. The van der Waals surface area contributed by atoms with Crippen LogP contribution >= 0.6 is 0 Å². The largest absolute Gasteiger partial charge is 0.362 e. The van der Waals surface area contributed by atoms with E-state index in [-0.39, 0.29) is 5.82 Å². The highest BCUT2D eigenvalue weighted by molar-refractivity contribution is 5.42. The molecule has 3 nitrogen and oxygen atoms in total. The van der Waals surface area contributed by atoms with Gasteiger partial charge in [-0.05, 0) is 19.1 Å². The number of hydrogen-bond acceptors (Lipinski definition) is 3. The molecule has 1 aromatic rings. The van der Waals surface area contributed by atoms with Crippen molar-refractivity contribution < 1.29 is 8.78 Å². The monoisotopic (exact) mass is 197 g/mol. The second kappa shape index (κ2) is 4.51. The Balaban J connectivity index is 2.73. The predicted octanol–water partition coefficient (Wildman–Crippen LogP) is 2.02. The van der Waals surface area contributed by atoms with Crippen molar-refractivity contribution in [3.8, 4) is 6.07 Å². The summed E-state index contributed by atoms with van der Waals surface area (Å²) in [6.07, 6.45) is -1.05. The van der Waals surface area contributed by atoms with Crippen LogP contribution < -0.4 is 5.32 Å². The zero-order chi connectivity index (χ0) is 10.6. The van der Waals surface area contributed by atoms with E-state index in [4.69, 9.17) is 5.26 Å². The molecule has 1 N–H and O–H groups in total. The zero-order valence-corrected chi connectivity index (χ0v) is 7.54. The van der Waals surface area contributed by atoms with Crippen LogP contribution in [0.25, 0.3) is 0 Å². The Morgan fingerprint density at radius 1 is 1.57 bits per heavy atom. The smallest absolute Gasteiger partial charge is 0.258 e. The molecular weight excluding hydrogens is 188 g/mol. The SMILES string of the molecule is CC(Nc1cc(C#N)ccn1)C(F)F. The van der Waals surface area contributed by atoms with E-state index in [1.54, 1.807) is 0 Å². The number of aromatic nitrogens is 1. The van der Waals surface area contributed by atoms with Gasteiger partial charge in [-0.1, -0.05) is 0 Å². The fourth-order valence-corrected chi connectivity index (χ4v) is 0.875. The zero-order valence-electron chi connectivity index (χ0n) is 7.54. The van der Waals surface area contributed by atoms with Gasteiger partial charge in [-0.25, -0.2) is 13.8 Å². The van der Waals surface area contributed by atoms with Crippen LogP contribution in [0.1, 0.15) is 12.5 Å². The standard InChI is InChI=1S/C9H9F2N3/c1-6(9(10)11)14-8-4-7(5-12)2-3-13-8/h2-4,6,9H,1H3,(H,13,14). The summed E-state index contributed by atoms with van der Waals surface area (Å²) >= 11 is 0. The van der Waals surface area contributed by atoms with E-state index in [1.165, 1.54) is 25.3 Å². The molecule has 0 saturated carbocycles. The number of halogens is 2. The van der Waals surface area contributed by atoms with Crippen LogP contribution in [0.5, 0.6) is 0 Å². The molecule has 1 aromatic heterocycles. The third-order valence-corrected chi connectivity index (χ3v) is 1.64. The van der Waals surface area contributed by atoms with Crippen LogP contribution in [0.2, 0.25) is 0 Å². The number of nitrogens with zero attached hydrogens (tertiary/aromatic N) is 2. The lowest BCUT2D eigenvalue weighted by atomic mass is 10.3. The van der Waals surface area contributed by atoms with E-state index in [0.29, 0.717) is 5.56 Å². The van der Waals surface area contributed by atoms with Gasteiger partial charge < -0.3 is 5.32 Å². The summed E-state index contributed by atoms with van der Waals surface area (Å²) in [5.74, 6) is 0.289. The lowest BCUT2D eigenvalue weighted by Gasteiger charge is -2.12. The number of rotatable bonds is 3. The number of nitriles is 1. The number of alkyl halides is 2. The highest BCUT2D eigenvalue weighted by Crippen LogP contribution is 2.10. The molecule has 1 rings (SSSR count). The van der Waals surface area contributed by atoms with Crippen molar-refractivity contribution in [2.24, 2.45) is 0 Å². The molecule has 0 aromatic carbocycles. The molecule has 0 aliphatic carbocycles. The Bertz CT molecular complexity index is 346. The Morgan fingerprint density at radius 3 is 2.86 bits per heavy atom. The van der Waals surface area contributed by atoms with Crippen LogP contribution in [0.15, 0.2) is 18.3 Å². The normalized spacial score (nSPS) is 12.2. The van der Waals surface area contributed by atoms with Crippen molar-refractivity contribution in [3.05, 3.63) is 23.9 Å². The molecule has 0 fully saturated rings. The van der Waals surface area contributed by atoms with Gasteiger partial charge in [0, 0.05) is 6.20 Å². The van der Waals surface area contributed by atoms with Crippen molar-refractivity contribution >= 4 is 5.82 Å². The fraction of sp³-hybridized carbons (Fsp3) is 0.333. The molecule has 0 spiro atoms. The van der Waals surface area contributed by atoms with Gasteiger partial charge in [-0.15, -0.1) is 0 Å². The van der Waals surface area contributed by atoms with Crippen molar-refractivity contribution in [2.45, 2.75) is 19.4 Å². The van der Waals surface area contributed by atoms with Gasteiger partial charge >= 0.3 is 0 Å². The molecule has 1 heterocycles. The summed E-state index contributed by atoms with van der Waals surface area (Å²) < 4.78 is 24.3.